The van der Waals surface area contributed by atoms with Crippen LogP contribution in [-0.2, 0) is 19.3 Å². The number of aromatic nitrogens is 2. The van der Waals surface area contributed by atoms with Gasteiger partial charge in [0.1, 0.15) is 0 Å². The molecule has 0 aliphatic rings. The van der Waals surface area contributed by atoms with E-state index in [-0.39, 0.29) is 0 Å². The highest BCUT2D eigenvalue weighted by atomic mass is 16.5. The van der Waals surface area contributed by atoms with E-state index in [1.165, 1.54) is 11.1 Å². The third-order valence-electron chi connectivity index (χ3n) is 3.93. The van der Waals surface area contributed by atoms with Crippen molar-refractivity contribution >= 4 is 0 Å². The maximum absolute atomic E-state index is 5.36. The number of aryl methyl sites for hydroxylation is 1. The van der Waals surface area contributed by atoms with Gasteiger partial charge >= 0.3 is 0 Å². The zero-order valence-corrected chi connectivity index (χ0v) is 13.4. The molecule has 1 aromatic heterocycles. The summed E-state index contributed by atoms with van der Waals surface area (Å²) in [6.45, 7) is 6.47. The molecule has 2 atom stereocenters. The van der Waals surface area contributed by atoms with E-state index in [0.717, 1.165) is 31.0 Å². The van der Waals surface area contributed by atoms with Gasteiger partial charge < -0.3 is 9.84 Å². The summed E-state index contributed by atoms with van der Waals surface area (Å²) in [5.41, 5.74) is 2.68. The van der Waals surface area contributed by atoms with Gasteiger partial charge in [-0.1, -0.05) is 43.3 Å². The topological polar surface area (TPSA) is 51.0 Å². The van der Waals surface area contributed by atoms with Crippen molar-refractivity contribution in [2.75, 3.05) is 7.05 Å². The van der Waals surface area contributed by atoms with Crippen LogP contribution in [0.25, 0.3) is 0 Å². The summed E-state index contributed by atoms with van der Waals surface area (Å²) < 4.78 is 5.36. The van der Waals surface area contributed by atoms with Crippen molar-refractivity contribution in [1.82, 2.24) is 15.5 Å². The van der Waals surface area contributed by atoms with E-state index in [1.54, 1.807) is 0 Å². The highest BCUT2D eigenvalue weighted by Crippen LogP contribution is 2.20. The molecule has 2 unspecified atom stereocenters. The van der Waals surface area contributed by atoms with E-state index in [2.05, 4.69) is 60.5 Å². The molecular weight excluding hydrogens is 262 g/mol. The molecule has 1 heterocycles. The summed E-state index contributed by atoms with van der Waals surface area (Å²) in [6, 6.07) is 9.14. The van der Waals surface area contributed by atoms with Gasteiger partial charge in [-0.05, 0) is 37.4 Å². The van der Waals surface area contributed by atoms with Crippen molar-refractivity contribution < 1.29 is 4.52 Å². The minimum absolute atomic E-state index is 0.356. The van der Waals surface area contributed by atoms with E-state index < -0.39 is 0 Å². The first-order valence-corrected chi connectivity index (χ1v) is 7.70. The lowest BCUT2D eigenvalue weighted by atomic mass is 9.96. The number of nitrogens with one attached hydrogen (secondary N) is 1. The Morgan fingerprint density at radius 1 is 1.14 bits per heavy atom. The summed E-state index contributed by atoms with van der Waals surface area (Å²) in [5.74, 6) is 1.88. The van der Waals surface area contributed by atoms with Gasteiger partial charge in [0.2, 0.25) is 5.89 Å². The molecule has 2 rings (SSSR count). The minimum atomic E-state index is 0.356. The smallest absolute Gasteiger partial charge is 0.227 e. The van der Waals surface area contributed by atoms with Crippen LogP contribution in [0.4, 0.5) is 0 Å². The number of hydrogen-bond donors (Lipinski definition) is 1. The van der Waals surface area contributed by atoms with Gasteiger partial charge in [0.15, 0.2) is 5.82 Å². The molecule has 2 aromatic rings. The van der Waals surface area contributed by atoms with Crippen molar-refractivity contribution in [1.29, 1.82) is 0 Å². The van der Waals surface area contributed by atoms with Gasteiger partial charge in [-0.2, -0.15) is 4.98 Å². The lowest BCUT2D eigenvalue weighted by Crippen LogP contribution is -2.24. The zero-order chi connectivity index (χ0) is 15.2. The molecule has 1 N–H and O–H groups in total. The third kappa shape index (κ3) is 4.39. The Hall–Kier alpha value is -1.68. The van der Waals surface area contributed by atoms with Gasteiger partial charge in [0.05, 0.1) is 0 Å². The number of hydrogen-bond acceptors (Lipinski definition) is 4. The summed E-state index contributed by atoms with van der Waals surface area (Å²) in [5, 5.41) is 7.23. The summed E-state index contributed by atoms with van der Waals surface area (Å²) in [7, 11) is 1.94. The maximum atomic E-state index is 5.36. The Morgan fingerprint density at radius 2 is 1.86 bits per heavy atom. The average molecular weight is 287 g/mol. The molecule has 0 bridgehead atoms. The number of nitrogens with zero attached hydrogens (tertiary/aromatic N) is 2. The van der Waals surface area contributed by atoms with E-state index in [9.17, 15) is 0 Å². The first-order valence-electron chi connectivity index (χ1n) is 7.70. The van der Waals surface area contributed by atoms with Gasteiger partial charge in [-0.3, -0.25) is 0 Å². The van der Waals surface area contributed by atoms with Crippen LogP contribution in [0, 0.1) is 0 Å². The molecule has 0 aliphatic carbocycles. The molecule has 0 spiro atoms. The SMILES string of the molecule is CCc1ccc(C(C)Cc2nc(CC(C)NC)no2)cc1. The molecule has 4 nitrogen and oxygen atoms in total. The Morgan fingerprint density at radius 3 is 2.48 bits per heavy atom. The quantitative estimate of drug-likeness (QED) is 0.850. The van der Waals surface area contributed by atoms with Gasteiger partial charge in [0.25, 0.3) is 0 Å². The second kappa shape index (κ2) is 7.36. The highest BCUT2D eigenvalue weighted by Gasteiger charge is 2.13. The standard InChI is InChI=1S/C17H25N3O/c1-5-14-6-8-15(9-7-14)12(2)10-17-19-16(20-21-17)11-13(3)18-4/h6-9,12-13,18H,5,10-11H2,1-4H3. The summed E-state index contributed by atoms with van der Waals surface area (Å²) in [6.07, 6.45) is 2.65. The average Bonchev–Trinajstić information content (AvgIpc) is 2.94. The molecule has 0 radical (unpaired) electrons. The third-order valence-corrected chi connectivity index (χ3v) is 3.93. The van der Waals surface area contributed by atoms with Crippen LogP contribution in [-0.4, -0.2) is 23.2 Å². The van der Waals surface area contributed by atoms with E-state index in [0.29, 0.717) is 12.0 Å². The lowest BCUT2D eigenvalue weighted by molar-refractivity contribution is 0.365. The van der Waals surface area contributed by atoms with Crippen LogP contribution in [0.1, 0.15) is 49.5 Å². The van der Waals surface area contributed by atoms with Crippen LogP contribution >= 0.6 is 0 Å². The molecule has 1 aromatic carbocycles. The second-order valence-corrected chi connectivity index (χ2v) is 5.70. The lowest BCUT2D eigenvalue weighted by Gasteiger charge is -2.09. The molecule has 4 heteroatoms. The van der Waals surface area contributed by atoms with Gasteiger partial charge in [-0.25, -0.2) is 0 Å². The molecule has 21 heavy (non-hydrogen) atoms. The van der Waals surface area contributed by atoms with Gasteiger partial charge in [-0.15, -0.1) is 0 Å². The number of likely N-dealkylation sites (N-methyl/N-ethyl adjacent to an activating group) is 1. The van der Waals surface area contributed by atoms with Crippen molar-refractivity contribution in [2.24, 2.45) is 0 Å². The molecule has 0 fully saturated rings. The monoisotopic (exact) mass is 287 g/mol. The predicted octanol–water partition coefficient (Wildman–Crippen LogP) is 3.13. The van der Waals surface area contributed by atoms with Crippen LogP contribution < -0.4 is 5.32 Å². The normalized spacial score (nSPS) is 14.1. The Balaban J connectivity index is 1.97. The van der Waals surface area contributed by atoms with E-state index in [1.807, 2.05) is 7.05 Å². The predicted molar refractivity (Wildman–Crippen MR) is 84.5 cm³/mol. The molecule has 0 saturated heterocycles. The fourth-order valence-electron chi connectivity index (χ4n) is 2.29. The van der Waals surface area contributed by atoms with E-state index in [4.69, 9.17) is 4.52 Å². The first kappa shape index (κ1) is 15.7. The summed E-state index contributed by atoms with van der Waals surface area (Å²) >= 11 is 0. The summed E-state index contributed by atoms with van der Waals surface area (Å²) in [4.78, 5) is 4.48. The zero-order valence-electron chi connectivity index (χ0n) is 13.4. The van der Waals surface area contributed by atoms with Crippen LogP contribution in [0.2, 0.25) is 0 Å². The Kier molecular flexibility index (Phi) is 5.51. The molecule has 114 valence electrons. The molecule has 0 saturated carbocycles. The highest BCUT2D eigenvalue weighted by molar-refractivity contribution is 5.25. The van der Waals surface area contributed by atoms with E-state index >= 15 is 0 Å². The fraction of sp³-hybridized carbons (Fsp3) is 0.529. The number of benzene rings is 1. The van der Waals surface area contributed by atoms with Crippen molar-refractivity contribution in [3.05, 3.63) is 47.1 Å². The van der Waals surface area contributed by atoms with Crippen molar-refractivity contribution in [2.45, 2.75) is 52.0 Å². The Labute approximate surface area is 127 Å². The van der Waals surface area contributed by atoms with Crippen LogP contribution in [0.5, 0.6) is 0 Å². The van der Waals surface area contributed by atoms with Crippen LogP contribution in [0.15, 0.2) is 28.8 Å². The fourth-order valence-corrected chi connectivity index (χ4v) is 2.29. The van der Waals surface area contributed by atoms with Crippen molar-refractivity contribution in [3.8, 4) is 0 Å². The second-order valence-electron chi connectivity index (χ2n) is 5.70. The largest absolute Gasteiger partial charge is 0.339 e. The maximum Gasteiger partial charge on any atom is 0.227 e. The van der Waals surface area contributed by atoms with Gasteiger partial charge in [0, 0.05) is 18.9 Å². The minimum Gasteiger partial charge on any atom is -0.339 e. The molecule has 0 amide bonds. The van der Waals surface area contributed by atoms with Crippen molar-refractivity contribution in [3.63, 3.8) is 0 Å². The Bertz CT molecular complexity index is 547. The molecular formula is C17H25N3O. The number of rotatable bonds is 7. The molecule has 0 aliphatic heterocycles. The van der Waals surface area contributed by atoms with Crippen LogP contribution in [0.3, 0.4) is 0 Å². The first-order chi connectivity index (χ1) is 10.1.